The number of nitrogens with zero attached hydrogens (tertiary/aromatic N) is 3. The van der Waals surface area contributed by atoms with E-state index in [2.05, 4.69) is 22.2 Å². The Labute approximate surface area is 224 Å². The molecule has 0 atom stereocenters. The van der Waals surface area contributed by atoms with Gasteiger partial charge in [0.25, 0.3) is 0 Å². The summed E-state index contributed by atoms with van der Waals surface area (Å²) in [6.07, 6.45) is 2.82. The third-order valence-electron chi connectivity index (χ3n) is 6.15. The van der Waals surface area contributed by atoms with Gasteiger partial charge in [-0.25, -0.2) is 13.8 Å². The van der Waals surface area contributed by atoms with Crippen LogP contribution in [0.1, 0.15) is 18.1 Å². The highest BCUT2D eigenvalue weighted by Gasteiger charge is 2.34. The molecule has 8 nitrogen and oxygen atoms in total. The van der Waals surface area contributed by atoms with Crippen LogP contribution in [0.25, 0.3) is 0 Å². The summed E-state index contributed by atoms with van der Waals surface area (Å²) in [7, 11) is 2.59. The summed E-state index contributed by atoms with van der Waals surface area (Å²) in [5, 5.41) is 6.27. The van der Waals surface area contributed by atoms with Crippen molar-refractivity contribution < 1.29 is 23.0 Å². The minimum absolute atomic E-state index is 0.0765. The molecule has 2 heterocycles. The van der Waals surface area contributed by atoms with Crippen LogP contribution in [0.2, 0.25) is 0 Å². The number of para-hydroxylation sites is 1. The lowest BCUT2D eigenvalue weighted by Crippen LogP contribution is -2.47. The molecular formula is C27H27F2N5O3S. The van der Waals surface area contributed by atoms with Gasteiger partial charge >= 0.3 is 0 Å². The molecule has 38 heavy (non-hydrogen) atoms. The van der Waals surface area contributed by atoms with Gasteiger partial charge in [0, 0.05) is 30.4 Å². The molecule has 1 aliphatic heterocycles. The highest BCUT2D eigenvalue weighted by Crippen LogP contribution is 2.41. The average molecular weight is 540 g/mol. The fourth-order valence-corrected chi connectivity index (χ4v) is 4.62. The lowest BCUT2D eigenvalue weighted by atomic mass is 10.1. The number of rotatable bonds is 8. The second-order valence-electron chi connectivity index (χ2n) is 8.38. The number of fused-ring (bicyclic) bond motifs is 1. The van der Waals surface area contributed by atoms with Crippen LogP contribution in [-0.4, -0.2) is 36.8 Å². The van der Waals surface area contributed by atoms with Gasteiger partial charge in [-0.1, -0.05) is 18.7 Å². The summed E-state index contributed by atoms with van der Waals surface area (Å²) in [4.78, 5) is 19.6. The third kappa shape index (κ3) is 4.84. The van der Waals surface area contributed by atoms with Crippen LogP contribution in [0.4, 0.5) is 37.3 Å². The number of pyridine rings is 1. The number of anilines is 5. The van der Waals surface area contributed by atoms with Crippen LogP contribution in [0.5, 0.6) is 11.5 Å². The largest absolute Gasteiger partial charge is 0.493 e. The van der Waals surface area contributed by atoms with Crippen molar-refractivity contribution in [1.29, 1.82) is 0 Å². The van der Waals surface area contributed by atoms with E-state index >= 15 is 8.78 Å². The lowest BCUT2D eigenvalue weighted by Gasteiger charge is -2.39. The minimum atomic E-state index is -0.882. The monoisotopic (exact) mass is 539 g/mol. The van der Waals surface area contributed by atoms with Gasteiger partial charge in [-0.05, 0) is 43.8 Å². The smallest absolute Gasteiger partial charge is 0.247 e. The quantitative estimate of drug-likeness (QED) is 0.280. The van der Waals surface area contributed by atoms with Crippen molar-refractivity contribution in [3.63, 3.8) is 0 Å². The minimum Gasteiger partial charge on any atom is -0.493 e. The first-order chi connectivity index (χ1) is 18.2. The van der Waals surface area contributed by atoms with Gasteiger partial charge in [0.15, 0.2) is 28.2 Å². The van der Waals surface area contributed by atoms with E-state index in [-0.39, 0.29) is 34.8 Å². The molecule has 0 bridgehead atoms. The zero-order valence-electron chi connectivity index (χ0n) is 21.4. The molecule has 1 aromatic heterocycles. The molecule has 4 rings (SSSR count). The highest BCUT2D eigenvalue weighted by molar-refractivity contribution is 7.80. The standard InChI is InChI=1S/C27H27F2N5O3S/c1-6-22(35)31-17-10-8-9-15(3)25(17)32-21-11-18-16(13-30-21)14-34(27(38)33(18)7-2)26-23(28)19(36-4)12-20(37-5)24(26)29/h6,8-13H,1,7,14H2,2-5H3,(H,30,32)(H,31,35). The van der Waals surface area contributed by atoms with Crippen LogP contribution in [0.3, 0.4) is 0 Å². The van der Waals surface area contributed by atoms with Crippen molar-refractivity contribution in [3.8, 4) is 11.5 Å². The van der Waals surface area contributed by atoms with E-state index in [0.717, 1.165) is 17.3 Å². The Morgan fingerprint density at radius 1 is 1.21 bits per heavy atom. The first-order valence-electron chi connectivity index (χ1n) is 11.7. The Bertz CT molecular complexity index is 1400. The van der Waals surface area contributed by atoms with Crippen molar-refractivity contribution in [2.45, 2.75) is 20.4 Å². The Kier molecular flexibility index (Phi) is 7.77. The van der Waals surface area contributed by atoms with E-state index in [1.54, 1.807) is 17.2 Å². The van der Waals surface area contributed by atoms with E-state index in [1.165, 1.54) is 25.2 Å². The van der Waals surface area contributed by atoms with E-state index in [9.17, 15) is 4.79 Å². The first kappa shape index (κ1) is 26.8. The average Bonchev–Trinajstić information content (AvgIpc) is 2.91. The van der Waals surface area contributed by atoms with Crippen LogP contribution < -0.4 is 29.9 Å². The van der Waals surface area contributed by atoms with Crippen molar-refractivity contribution in [3.05, 3.63) is 71.9 Å². The normalized spacial score (nSPS) is 12.6. The predicted molar refractivity (Wildman–Crippen MR) is 149 cm³/mol. The number of nitrogens with one attached hydrogen (secondary N) is 2. The van der Waals surface area contributed by atoms with Gasteiger partial charge in [0.05, 0.1) is 37.8 Å². The molecule has 1 amide bonds. The molecule has 1 aliphatic rings. The number of aromatic nitrogens is 1. The fraction of sp³-hybridized carbons (Fsp3) is 0.222. The Morgan fingerprint density at radius 3 is 2.50 bits per heavy atom. The molecular weight excluding hydrogens is 512 g/mol. The number of amides is 1. The predicted octanol–water partition coefficient (Wildman–Crippen LogP) is 5.68. The fourth-order valence-electron chi connectivity index (χ4n) is 4.24. The van der Waals surface area contributed by atoms with Gasteiger partial charge in [0.2, 0.25) is 5.91 Å². The highest BCUT2D eigenvalue weighted by atomic mass is 32.1. The number of aryl methyl sites for hydroxylation is 1. The number of thiocarbonyl (C=S) groups is 1. The Morgan fingerprint density at radius 2 is 1.89 bits per heavy atom. The van der Waals surface area contributed by atoms with Crippen molar-refractivity contribution in [2.75, 3.05) is 41.2 Å². The molecule has 0 fully saturated rings. The third-order valence-corrected chi connectivity index (χ3v) is 6.59. The summed E-state index contributed by atoms with van der Waals surface area (Å²) < 4.78 is 40.8. The van der Waals surface area contributed by atoms with Gasteiger partial charge in [0.1, 0.15) is 11.5 Å². The maximum Gasteiger partial charge on any atom is 0.247 e. The summed E-state index contributed by atoms with van der Waals surface area (Å²) in [5.74, 6) is -1.93. The maximum atomic E-state index is 15.3. The zero-order chi connectivity index (χ0) is 27.6. The molecule has 2 N–H and O–H groups in total. The molecule has 0 saturated carbocycles. The van der Waals surface area contributed by atoms with Crippen LogP contribution in [0.15, 0.2) is 49.2 Å². The van der Waals surface area contributed by atoms with E-state index in [0.29, 0.717) is 29.3 Å². The van der Waals surface area contributed by atoms with E-state index in [4.69, 9.17) is 21.7 Å². The molecule has 0 unspecified atom stereocenters. The van der Waals surface area contributed by atoms with Gasteiger partial charge < -0.3 is 29.9 Å². The second kappa shape index (κ2) is 11.0. The number of benzene rings is 2. The molecule has 0 aliphatic carbocycles. The van der Waals surface area contributed by atoms with E-state index in [1.807, 2.05) is 32.0 Å². The summed E-state index contributed by atoms with van der Waals surface area (Å²) >= 11 is 5.70. The SMILES string of the molecule is C=CC(=O)Nc1cccc(C)c1Nc1cc2c(cn1)CN(c1c(F)c(OC)cc(OC)c1F)C(=S)N2CC. The number of hydrogen-bond acceptors (Lipinski definition) is 6. The number of methoxy groups -OCH3 is 2. The zero-order valence-corrected chi connectivity index (χ0v) is 22.2. The lowest BCUT2D eigenvalue weighted by molar-refractivity contribution is -0.111. The molecule has 11 heteroatoms. The molecule has 2 aromatic carbocycles. The summed E-state index contributed by atoms with van der Waals surface area (Å²) in [6, 6.07) is 8.47. The summed E-state index contributed by atoms with van der Waals surface area (Å²) in [5.41, 5.74) is 3.22. The molecule has 0 saturated heterocycles. The van der Waals surface area contributed by atoms with Gasteiger partial charge in [-0.3, -0.25) is 4.79 Å². The molecule has 3 aromatic rings. The number of halogens is 2. The maximum absolute atomic E-state index is 15.3. The number of carbonyl (C=O) groups is 1. The van der Waals surface area contributed by atoms with Crippen LogP contribution in [0, 0.1) is 18.6 Å². The summed E-state index contributed by atoms with van der Waals surface area (Å²) in [6.45, 7) is 7.79. The number of carbonyl (C=O) groups excluding carboxylic acids is 1. The van der Waals surface area contributed by atoms with Gasteiger partial charge in [-0.15, -0.1) is 0 Å². The molecule has 198 valence electrons. The van der Waals surface area contributed by atoms with Crippen LogP contribution >= 0.6 is 12.2 Å². The second-order valence-corrected chi connectivity index (χ2v) is 8.75. The van der Waals surface area contributed by atoms with Crippen molar-refractivity contribution in [1.82, 2.24) is 4.98 Å². The van der Waals surface area contributed by atoms with Crippen molar-refractivity contribution >= 4 is 51.8 Å². The van der Waals surface area contributed by atoms with E-state index < -0.39 is 11.6 Å². The number of ether oxygens (including phenoxy) is 2. The topological polar surface area (TPSA) is 79.0 Å². The van der Waals surface area contributed by atoms with Crippen LogP contribution in [-0.2, 0) is 11.3 Å². The Balaban J connectivity index is 1.74. The Hall–Kier alpha value is -4.25. The van der Waals surface area contributed by atoms with Crippen molar-refractivity contribution in [2.24, 2.45) is 0 Å². The number of hydrogen-bond donors (Lipinski definition) is 2. The first-order valence-corrected chi connectivity index (χ1v) is 12.1. The molecule has 0 radical (unpaired) electrons. The molecule has 0 spiro atoms. The van der Waals surface area contributed by atoms with Gasteiger partial charge in [-0.2, -0.15) is 0 Å².